The average molecular weight is 269 g/mol. The molecule has 4 heteroatoms. The van der Waals surface area contributed by atoms with Crippen molar-refractivity contribution in [2.45, 2.75) is 57.9 Å². The maximum Gasteiger partial charge on any atom is 0.0640 e. The molecule has 0 spiro atoms. The van der Waals surface area contributed by atoms with E-state index in [1.165, 1.54) is 5.69 Å². The molecule has 104 valence electrons. The van der Waals surface area contributed by atoms with Gasteiger partial charge in [0.25, 0.3) is 0 Å². The lowest BCUT2D eigenvalue weighted by molar-refractivity contribution is 0.518. The molecule has 0 saturated heterocycles. The van der Waals surface area contributed by atoms with E-state index in [0.29, 0.717) is 16.8 Å². The molecule has 0 bridgehead atoms. The zero-order valence-electron chi connectivity index (χ0n) is 12.5. The molecule has 0 radical (unpaired) electrons. The minimum atomic E-state index is 0.326. The maximum absolute atomic E-state index is 4.61. The van der Waals surface area contributed by atoms with Crippen LogP contribution in [0.5, 0.6) is 0 Å². The first-order chi connectivity index (χ1) is 8.31. The molecule has 0 aliphatic carbocycles. The highest BCUT2D eigenvalue weighted by molar-refractivity contribution is 8.00. The molecule has 1 heterocycles. The summed E-state index contributed by atoms with van der Waals surface area (Å²) in [6.45, 7) is 11.1. The van der Waals surface area contributed by atoms with Crippen LogP contribution in [-0.2, 0) is 6.42 Å². The lowest BCUT2D eigenvalue weighted by Crippen LogP contribution is -2.32. The summed E-state index contributed by atoms with van der Waals surface area (Å²) in [5, 5.41) is 8.00. The molecule has 0 aliphatic rings. The molecule has 3 nitrogen and oxygen atoms in total. The van der Waals surface area contributed by atoms with Crippen molar-refractivity contribution in [3.05, 3.63) is 18.0 Å². The van der Waals surface area contributed by atoms with E-state index >= 15 is 0 Å². The Morgan fingerprint density at radius 3 is 2.50 bits per heavy atom. The number of aromatic nitrogens is 2. The third-order valence-corrected chi connectivity index (χ3v) is 4.21. The number of hydrogen-bond donors (Lipinski definition) is 1. The summed E-state index contributed by atoms with van der Waals surface area (Å²) in [6, 6.07) is 3.06. The number of nitrogens with zero attached hydrogens (tertiary/aromatic N) is 2. The van der Waals surface area contributed by atoms with Crippen LogP contribution >= 0.6 is 11.8 Å². The molecule has 1 aromatic heterocycles. The van der Waals surface area contributed by atoms with E-state index in [-0.39, 0.29) is 0 Å². The summed E-state index contributed by atoms with van der Waals surface area (Å²) in [4.78, 5) is 0. The number of rotatable bonds is 6. The standard InChI is InChI=1S/C14H27N3S/c1-11(2)17-8-7-12(16-17)9-13(15-6)10-18-14(3,4)5/h7-8,11,13,15H,9-10H2,1-6H3. The summed E-state index contributed by atoms with van der Waals surface area (Å²) in [7, 11) is 2.04. The van der Waals surface area contributed by atoms with E-state index < -0.39 is 0 Å². The van der Waals surface area contributed by atoms with Gasteiger partial charge in [0.2, 0.25) is 0 Å². The van der Waals surface area contributed by atoms with Crippen LogP contribution in [0.2, 0.25) is 0 Å². The van der Waals surface area contributed by atoms with Gasteiger partial charge in [0.1, 0.15) is 0 Å². The largest absolute Gasteiger partial charge is 0.316 e. The highest BCUT2D eigenvalue weighted by atomic mass is 32.2. The summed E-state index contributed by atoms with van der Waals surface area (Å²) in [5.74, 6) is 1.12. The van der Waals surface area contributed by atoms with Crippen molar-refractivity contribution in [2.75, 3.05) is 12.8 Å². The van der Waals surface area contributed by atoms with Gasteiger partial charge < -0.3 is 5.32 Å². The van der Waals surface area contributed by atoms with Crippen molar-refractivity contribution in [3.8, 4) is 0 Å². The minimum absolute atomic E-state index is 0.326. The molecule has 0 saturated carbocycles. The van der Waals surface area contributed by atoms with E-state index in [4.69, 9.17) is 0 Å². The van der Waals surface area contributed by atoms with Gasteiger partial charge in [-0.3, -0.25) is 4.68 Å². The third kappa shape index (κ3) is 5.44. The van der Waals surface area contributed by atoms with Crippen LogP contribution in [0.15, 0.2) is 12.3 Å². The molecule has 0 aliphatic heterocycles. The average Bonchev–Trinajstić information content (AvgIpc) is 2.71. The van der Waals surface area contributed by atoms with Crippen LogP contribution in [0.3, 0.4) is 0 Å². The molecular formula is C14H27N3S. The topological polar surface area (TPSA) is 29.9 Å². The quantitative estimate of drug-likeness (QED) is 0.860. The number of hydrogen-bond acceptors (Lipinski definition) is 3. The predicted molar refractivity (Wildman–Crippen MR) is 81.4 cm³/mol. The van der Waals surface area contributed by atoms with Crippen molar-refractivity contribution in [3.63, 3.8) is 0 Å². The Morgan fingerprint density at radius 1 is 1.39 bits per heavy atom. The van der Waals surface area contributed by atoms with Gasteiger partial charge in [-0.2, -0.15) is 16.9 Å². The Kier molecular flexibility index (Phi) is 5.73. The smallest absolute Gasteiger partial charge is 0.0640 e. The van der Waals surface area contributed by atoms with E-state index in [9.17, 15) is 0 Å². The van der Waals surface area contributed by atoms with Crippen LogP contribution in [0.25, 0.3) is 0 Å². The SMILES string of the molecule is CNC(CSC(C)(C)C)Cc1ccn(C(C)C)n1. The maximum atomic E-state index is 4.61. The first kappa shape index (κ1) is 15.6. The van der Waals surface area contributed by atoms with Gasteiger partial charge in [-0.25, -0.2) is 0 Å². The molecule has 1 N–H and O–H groups in total. The molecule has 0 fully saturated rings. The van der Waals surface area contributed by atoms with Crippen LogP contribution in [0.1, 0.15) is 46.4 Å². The molecular weight excluding hydrogens is 242 g/mol. The first-order valence-electron chi connectivity index (χ1n) is 6.67. The lowest BCUT2D eigenvalue weighted by Gasteiger charge is -2.22. The minimum Gasteiger partial charge on any atom is -0.316 e. The molecule has 1 atom stereocenters. The first-order valence-corrected chi connectivity index (χ1v) is 7.65. The molecule has 0 amide bonds. The van der Waals surface area contributed by atoms with Gasteiger partial charge in [0.15, 0.2) is 0 Å². The second-order valence-electron chi connectivity index (χ2n) is 5.99. The van der Waals surface area contributed by atoms with Crippen molar-refractivity contribution in [2.24, 2.45) is 0 Å². The number of nitrogens with one attached hydrogen (secondary N) is 1. The zero-order chi connectivity index (χ0) is 13.8. The Bertz CT molecular complexity index is 352. The zero-order valence-corrected chi connectivity index (χ0v) is 13.3. The predicted octanol–water partition coefficient (Wildman–Crippen LogP) is 3.13. The Morgan fingerprint density at radius 2 is 2.06 bits per heavy atom. The van der Waals surface area contributed by atoms with Crippen LogP contribution in [0.4, 0.5) is 0 Å². The van der Waals surface area contributed by atoms with Crippen molar-refractivity contribution < 1.29 is 0 Å². The van der Waals surface area contributed by atoms with Crippen LogP contribution in [-0.4, -0.2) is 33.4 Å². The fraction of sp³-hybridized carbons (Fsp3) is 0.786. The third-order valence-electron chi connectivity index (χ3n) is 2.77. The summed E-state index contributed by atoms with van der Waals surface area (Å²) in [5.41, 5.74) is 1.18. The van der Waals surface area contributed by atoms with Crippen molar-refractivity contribution in [1.29, 1.82) is 0 Å². The van der Waals surface area contributed by atoms with Gasteiger partial charge >= 0.3 is 0 Å². The van der Waals surface area contributed by atoms with Crippen LogP contribution in [0, 0.1) is 0 Å². The summed E-state index contributed by atoms with van der Waals surface area (Å²) < 4.78 is 2.35. The van der Waals surface area contributed by atoms with E-state index in [1.54, 1.807) is 0 Å². The van der Waals surface area contributed by atoms with Crippen molar-refractivity contribution >= 4 is 11.8 Å². The van der Waals surface area contributed by atoms with E-state index in [0.717, 1.165) is 12.2 Å². The fourth-order valence-corrected chi connectivity index (χ4v) is 2.61. The van der Waals surface area contributed by atoms with Gasteiger partial charge in [-0.05, 0) is 27.0 Å². The molecule has 1 unspecified atom stereocenters. The summed E-state index contributed by atoms with van der Waals surface area (Å²) in [6.07, 6.45) is 3.07. The molecule has 0 aromatic carbocycles. The molecule has 1 rings (SSSR count). The van der Waals surface area contributed by atoms with E-state index in [1.807, 2.05) is 23.5 Å². The lowest BCUT2D eigenvalue weighted by atomic mass is 10.2. The van der Waals surface area contributed by atoms with Gasteiger partial charge in [-0.1, -0.05) is 20.8 Å². The highest BCUT2D eigenvalue weighted by Crippen LogP contribution is 2.24. The second kappa shape index (κ2) is 6.62. The second-order valence-corrected chi connectivity index (χ2v) is 7.84. The number of thioether (sulfide) groups is 1. The normalized spacial score (nSPS) is 14.2. The van der Waals surface area contributed by atoms with Gasteiger partial charge in [0.05, 0.1) is 5.69 Å². The summed E-state index contributed by atoms with van der Waals surface area (Å²) >= 11 is 2.00. The molecule has 1 aromatic rings. The monoisotopic (exact) mass is 269 g/mol. The Labute approximate surface area is 116 Å². The fourth-order valence-electron chi connectivity index (χ4n) is 1.62. The van der Waals surface area contributed by atoms with Gasteiger partial charge in [0, 0.05) is 35.2 Å². The van der Waals surface area contributed by atoms with E-state index in [2.05, 4.69) is 57.3 Å². The Hall–Kier alpha value is -0.480. The Balaban J connectivity index is 2.51. The highest BCUT2D eigenvalue weighted by Gasteiger charge is 2.16. The number of likely N-dealkylation sites (N-methyl/N-ethyl adjacent to an activating group) is 1. The van der Waals surface area contributed by atoms with Crippen molar-refractivity contribution in [1.82, 2.24) is 15.1 Å². The molecule has 18 heavy (non-hydrogen) atoms. The van der Waals surface area contributed by atoms with Crippen LogP contribution < -0.4 is 5.32 Å². The van der Waals surface area contributed by atoms with Gasteiger partial charge in [-0.15, -0.1) is 0 Å².